The van der Waals surface area contributed by atoms with E-state index in [1.807, 2.05) is 6.20 Å². The Kier molecular flexibility index (Phi) is 2.51. The molecular weight excluding hydrogens is 305 g/mol. The number of nitrogens with zero attached hydrogens (tertiary/aromatic N) is 2. The summed E-state index contributed by atoms with van der Waals surface area (Å²) in [5, 5.41) is 3.46. The van der Waals surface area contributed by atoms with Crippen molar-refractivity contribution in [2.75, 3.05) is 5.32 Å². The smallest absolute Gasteiger partial charge is 0.143 e. The molecule has 1 N–H and O–H groups in total. The first-order chi connectivity index (χ1) is 7.33. The minimum Gasteiger partial charge on any atom is -0.373 e. The summed E-state index contributed by atoms with van der Waals surface area (Å²) in [4.78, 5) is 8.22. The van der Waals surface area contributed by atoms with Crippen molar-refractivity contribution in [2.45, 2.75) is 37.5 Å². The largest absolute Gasteiger partial charge is 0.373 e. The monoisotopic (exact) mass is 317 g/mol. The Morgan fingerprint density at radius 2 is 2.40 bits per heavy atom. The van der Waals surface area contributed by atoms with Crippen LogP contribution in [0.15, 0.2) is 12.5 Å². The molecule has 0 amide bonds. The fraction of sp³-hybridized carbons (Fsp3) is 0.600. The SMILES string of the molecule is Ic1cncnc1NC1CC2CCC1O2. The number of halogens is 1. The third-order valence-corrected chi connectivity index (χ3v) is 3.89. The van der Waals surface area contributed by atoms with Crippen molar-refractivity contribution >= 4 is 28.4 Å². The van der Waals surface area contributed by atoms with Gasteiger partial charge in [0.1, 0.15) is 12.1 Å². The standard InChI is InChI=1S/C10H12IN3O/c11-7-4-12-5-13-10(7)14-8-3-6-1-2-9(8)15-6/h4-6,8-9H,1-3H2,(H,12,13,14). The zero-order valence-corrected chi connectivity index (χ0v) is 10.3. The van der Waals surface area contributed by atoms with Crippen molar-refractivity contribution in [2.24, 2.45) is 0 Å². The predicted octanol–water partition coefficient (Wildman–Crippen LogP) is 1.81. The van der Waals surface area contributed by atoms with Crippen LogP contribution in [0.5, 0.6) is 0 Å². The Morgan fingerprint density at radius 1 is 1.47 bits per heavy atom. The third-order valence-electron chi connectivity index (χ3n) is 3.10. The molecule has 0 spiro atoms. The lowest BCUT2D eigenvalue weighted by Crippen LogP contribution is -2.31. The van der Waals surface area contributed by atoms with E-state index in [4.69, 9.17) is 4.74 Å². The second-order valence-electron chi connectivity index (χ2n) is 4.08. The number of rotatable bonds is 2. The minimum atomic E-state index is 0.390. The van der Waals surface area contributed by atoms with Crippen molar-refractivity contribution in [3.05, 3.63) is 16.1 Å². The van der Waals surface area contributed by atoms with Gasteiger partial charge in [-0.3, -0.25) is 0 Å². The highest BCUT2D eigenvalue weighted by Gasteiger charge is 2.40. The van der Waals surface area contributed by atoms with Crippen LogP contribution in [0.1, 0.15) is 19.3 Å². The molecule has 1 aromatic heterocycles. The number of hydrogen-bond acceptors (Lipinski definition) is 4. The lowest BCUT2D eigenvalue weighted by Gasteiger charge is -2.20. The topological polar surface area (TPSA) is 47.0 Å². The summed E-state index contributed by atoms with van der Waals surface area (Å²) in [7, 11) is 0. The molecule has 3 atom stereocenters. The van der Waals surface area contributed by atoms with Gasteiger partial charge in [-0.1, -0.05) is 0 Å². The van der Waals surface area contributed by atoms with Gasteiger partial charge in [0.2, 0.25) is 0 Å². The number of aromatic nitrogens is 2. The Labute approximate surface area is 102 Å². The third kappa shape index (κ3) is 1.82. The first kappa shape index (κ1) is 9.77. The quantitative estimate of drug-likeness (QED) is 0.845. The minimum absolute atomic E-state index is 0.390. The number of anilines is 1. The summed E-state index contributed by atoms with van der Waals surface area (Å²) in [5.41, 5.74) is 0. The summed E-state index contributed by atoms with van der Waals surface area (Å²) in [6, 6.07) is 0.437. The van der Waals surface area contributed by atoms with Crippen LogP contribution < -0.4 is 5.32 Å². The van der Waals surface area contributed by atoms with Crippen LogP contribution >= 0.6 is 22.6 Å². The number of nitrogens with one attached hydrogen (secondary N) is 1. The molecule has 15 heavy (non-hydrogen) atoms. The fourth-order valence-electron chi connectivity index (χ4n) is 2.38. The van der Waals surface area contributed by atoms with Crippen LogP contribution in [0.3, 0.4) is 0 Å². The van der Waals surface area contributed by atoms with Gasteiger partial charge in [-0.15, -0.1) is 0 Å². The van der Waals surface area contributed by atoms with Crippen LogP contribution in [0.4, 0.5) is 5.82 Å². The normalized spacial score (nSPS) is 33.3. The number of fused-ring (bicyclic) bond motifs is 2. The van der Waals surface area contributed by atoms with Crippen molar-refractivity contribution in [3.8, 4) is 0 Å². The van der Waals surface area contributed by atoms with Gasteiger partial charge < -0.3 is 10.1 Å². The number of hydrogen-bond donors (Lipinski definition) is 1. The van der Waals surface area contributed by atoms with Crippen LogP contribution in [0.25, 0.3) is 0 Å². The highest BCUT2D eigenvalue weighted by molar-refractivity contribution is 14.1. The first-order valence-corrected chi connectivity index (χ1v) is 6.28. The van der Waals surface area contributed by atoms with E-state index < -0.39 is 0 Å². The highest BCUT2D eigenvalue weighted by Crippen LogP contribution is 2.36. The second kappa shape index (κ2) is 3.86. The molecule has 80 valence electrons. The average molecular weight is 317 g/mol. The Bertz CT molecular complexity index is 373. The summed E-state index contributed by atoms with van der Waals surface area (Å²) in [6.45, 7) is 0. The molecule has 0 saturated carbocycles. The van der Waals surface area contributed by atoms with E-state index in [0.29, 0.717) is 18.2 Å². The van der Waals surface area contributed by atoms with Gasteiger partial charge in [-0.25, -0.2) is 9.97 Å². The molecule has 3 heterocycles. The van der Waals surface area contributed by atoms with Crippen molar-refractivity contribution in [1.82, 2.24) is 9.97 Å². The van der Waals surface area contributed by atoms with Crippen molar-refractivity contribution in [3.63, 3.8) is 0 Å². The molecular formula is C10H12IN3O. The van der Waals surface area contributed by atoms with Gasteiger partial charge in [0, 0.05) is 6.20 Å². The van der Waals surface area contributed by atoms with E-state index in [0.717, 1.165) is 15.8 Å². The lowest BCUT2D eigenvalue weighted by molar-refractivity contribution is 0.102. The van der Waals surface area contributed by atoms with Crippen molar-refractivity contribution < 1.29 is 4.74 Å². The molecule has 1 aromatic rings. The molecule has 2 fully saturated rings. The van der Waals surface area contributed by atoms with Crippen LogP contribution in [-0.2, 0) is 4.74 Å². The highest BCUT2D eigenvalue weighted by atomic mass is 127. The fourth-order valence-corrected chi connectivity index (χ4v) is 2.84. The van der Waals surface area contributed by atoms with Crippen molar-refractivity contribution in [1.29, 1.82) is 0 Å². The predicted molar refractivity (Wildman–Crippen MR) is 64.7 cm³/mol. The molecule has 2 bridgehead atoms. The number of ether oxygens (including phenoxy) is 1. The van der Waals surface area contributed by atoms with Gasteiger partial charge in [-0.05, 0) is 41.9 Å². The molecule has 4 nitrogen and oxygen atoms in total. The van der Waals surface area contributed by atoms with Crippen LogP contribution in [0.2, 0.25) is 0 Å². The van der Waals surface area contributed by atoms with Gasteiger partial charge in [0.25, 0.3) is 0 Å². The molecule has 0 radical (unpaired) electrons. The van der Waals surface area contributed by atoms with Crippen LogP contribution in [-0.4, -0.2) is 28.2 Å². The summed E-state index contributed by atoms with van der Waals surface area (Å²) in [5.74, 6) is 0.937. The summed E-state index contributed by atoms with van der Waals surface area (Å²) < 4.78 is 6.86. The van der Waals surface area contributed by atoms with E-state index in [2.05, 4.69) is 37.9 Å². The van der Waals surface area contributed by atoms with Gasteiger partial charge in [0.05, 0.1) is 21.8 Å². The maximum Gasteiger partial charge on any atom is 0.143 e. The maximum atomic E-state index is 5.79. The van der Waals surface area contributed by atoms with E-state index in [1.54, 1.807) is 6.33 Å². The molecule has 2 aliphatic rings. The molecule has 0 aliphatic carbocycles. The molecule has 3 unspecified atom stereocenters. The van der Waals surface area contributed by atoms with E-state index in [1.165, 1.54) is 12.8 Å². The summed E-state index contributed by atoms with van der Waals surface area (Å²) in [6.07, 6.45) is 7.80. The second-order valence-corrected chi connectivity index (χ2v) is 5.24. The summed E-state index contributed by atoms with van der Waals surface area (Å²) >= 11 is 2.25. The van der Waals surface area contributed by atoms with E-state index in [-0.39, 0.29) is 0 Å². The molecule has 0 aromatic carbocycles. The Morgan fingerprint density at radius 3 is 3.07 bits per heavy atom. The first-order valence-electron chi connectivity index (χ1n) is 5.20. The zero-order valence-electron chi connectivity index (χ0n) is 8.19. The van der Waals surface area contributed by atoms with E-state index in [9.17, 15) is 0 Å². The molecule has 3 rings (SSSR count). The molecule has 2 saturated heterocycles. The maximum absolute atomic E-state index is 5.79. The van der Waals surface area contributed by atoms with Crippen LogP contribution in [0, 0.1) is 3.57 Å². The Balaban J connectivity index is 1.73. The Hall–Kier alpha value is -0.430. The zero-order chi connectivity index (χ0) is 10.3. The van der Waals surface area contributed by atoms with E-state index >= 15 is 0 Å². The average Bonchev–Trinajstić information content (AvgIpc) is 2.83. The molecule has 2 aliphatic heterocycles. The van der Waals surface area contributed by atoms with Gasteiger partial charge in [-0.2, -0.15) is 0 Å². The van der Waals surface area contributed by atoms with Gasteiger partial charge in [0.15, 0.2) is 0 Å². The molecule has 5 heteroatoms. The van der Waals surface area contributed by atoms with Gasteiger partial charge >= 0.3 is 0 Å². The lowest BCUT2D eigenvalue weighted by atomic mass is 9.95.